The molecule has 0 amide bonds. The van der Waals surface area contributed by atoms with Crippen LogP contribution in [0.2, 0.25) is 5.02 Å². The van der Waals surface area contributed by atoms with Crippen molar-refractivity contribution in [2.24, 2.45) is 0 Å². The molecule has 2 heteroatoms. The molecule has 17 heavy (non-hydrogen) atoms. The van der Waals surface area contributed by atoms with Gasteiger partial charge in [-0.15, -0.1) is 0 Å². The number of fused-ring (bicyclic) bond motifs is 1. The van der Waals surface area contributed by atoms with E-state index in [4.69, 9.17) is 11.6 Å². The molecule has 0 atom stereocenters. The summed E-state index contributed by atoms with van der Waals surface area (Å²) in [6.45, 7) is 2.12. The van der Waals surface area contributed by atoms with Crippen LogP contribution in [0.25, 0.3) is 16.6 Å². The van der Waals surface area contributed by atoms with Gasteiger partial charge in [-0.05, 0) is 30.7 Å². The molecule has 84 valence electrons. The van der Waals surface area contributed by atoms with Crippen LogP contribution < -0.4 is 0 Å². The smallest absolute Gasteiger partial charge is 0.0485 e. The Bertz CT molecular complexity index is 682. The number of hydrogen-bond acceptors (Lipinski definition) is 0. The van der Waals surface area contributed by atoms with Crippen molar-refractivity contribution in [1.82, 2.24) is 4.40 Å². The second-order valence-corrected chi connectivity index (χ2v) is 4.60. The Kier molecular flexibility index (Phi) is 2.41. The lowest BCUT2D eigenvalue weighted by molar-refractivity contribution is 1.18. The Balaban J connectivity index is 2.26. The summed E-state index contributed by atoms with van der Waals surface area (Å²) in [5.74, 6) is 0. The molecule has 0 N–H and O–H groups in total. The highest BCUT2D eigenvalue weighted by atomic mass is 35.5. The minimum atomic E-state index is 0.793. The van der Waals surface area contributed by atoms with Gasteiger partial charge in [0.25, 0.3) is 0 Å². The number of rotatable bonds is 1. The van der Waals surface area contributed by atoms with E-state index in [9.17, 15) is 0 Å². The first kappa shape index (κ1) is 10.4. The number of aryl methyl sites for hydroxylation is 1. The number of pyridine rings is 1. The summed E-state index contributed by atoms with van der Waals surface area (Å²) in [6, 6.07) is 14.3. The van der Waals surface area contributed by atoms with Crippen molar-refractivity contribution < 1.29 is 0 Å². The van der Waals surface area contributed by atoms with Crippen molar-refractivity contribution in [2.45, 2.75) is 6.92 Å². The maximum Gasteiger partial charge on any atom is 0.0485 e. The Morgan fingerprint density at radius 2 is 1.88 bits per heavy atom. The van der Waals surface area contributed by atoms with Crippen LogP contribution in [0.4, 0.5) is 0 Å². The summed E-state index contributed by atoms with van der Waals surface area (Å²) >= 11 is 6.22. The molecule has 2 aromatic heterocycles. The average molecular weight is 242 g/mol. The molecule has 3 aromatic rings. The van der Waals surface area contributed by atoms with E-state index in [2.05, 4.69) is 41.9 Å². The molecule has 0 aliphatic heterocycles. The second-order valence-electron chi connectivity index (χ2n) is 4.19. The van der Waals surface area contributed by atoms with Gasteiger partial charge in [-0.25, -0.2) is 0 Å². The second kappa shape index (κ2) is 3.94. The molecule has 0 aliphatic carbocycles. The van der Waals surface area contributed by atoms with Crippen LogP contribution in [0.1, 0.15) is 5.56 Å². The molecule has 0 unspecified atom stereocenters. The quantitative estimate of drug-likeness (QED) is 0.588. The molecule has 0 saturated heterocycles. The van der Waals surface area contributed by atoms with E-state index in [-0.39, 0.29) is 0 Å². The lowest BCUT2D eigenvalue weighted by Crippen LogP contribution is -1.82. The zero-order valence-corrected chi connectivity index (χ0v) is 10.3. The van der Waals surface area contributed by atoms with E-state index in [0.29, 0.717) is 0 Å². The zero-order valence-electron chi connectivity index (χ0n) is 9.52. The monoisotopic (exact) mass is 241 g/mol. The minimum Gasteiger partial charge on any atom is -0.323 e. The van der Waals surface area contributed by atoms with Crippen molar-refractivity contribution in [2.75, 3.05) is 0 Å². The largest absolute Gasteiger partial charge is 0.323 e. The van der Waals surface area contributed by atoms with Gasteiger partial charge >= 0.3 is 0 Å². The van der Waals surface area contributed by atoms with Crippen LogP contribution in [-0.2, 0) is 0 Å². The van der Waals surface area contributed by atoms with E-state index in [1.165, 1.54) is 11.1 Å². The van der Waals surface area contributed by atoms with Gasteiger partial charge in [0.05, 0.1) is 0 Å². The van der Waals surface area contributed by atoms with Crippen LogP contribution in [-0.4, -0.2) is 4.40 Å². The highest BCUT2D eigenvalue weighted by molar-refractivity contribution is 6.33. The molecule has 0 radical (unpaired) electrons. The molecule has 0 spiro atoms. The zero-order chi connectivity index (χ0) is 11.8. The fourth-order valence-electron chi connectivity index (χ4n) is 2.13. The van der Waals surface area contributed by atoms with Crippen LogP contribution in [0.5, 0.6) is 0 Å². The summed E-state index contributed by atoms with van der Waals surface area (Å²) < 4.78 is 2.13. The third kappa shape index (κ3) is 1.73. The Morgan fingerprint density at radius 3 is 2.65 bits per heavy atom. The maximum absolute atomic E-state index is 6.22. The number of aromatic nitrogens is 1. The first-order chi connectivity index (χ1) is 8.25. The molecular formula is C15H12ClN. The molecule has 0 bridgehead atoms. The predicted octanol–water partition coefficient (Wildman–Crippen LogP) is 4.57. The van der Waals surface area contributed by atoms with Gasteiger partial charge < -0.3 is 4.40 Å². The number of nitrogens with zero attached hydrogens (tertiary/aromatic N) is 1. The van der Waals surface area contributed by atoms with E-state index < -0.39 is 0 Å². The van der Waals surface area contributed by atoms with Crippen molar-refractivity contribution in [1.29, 1.82) is 0 Å². The Hall–Kier alpha value is -1.73. The molecule has 0 fully saturated rings. The van der Waals surface area contributed by atoms with Gasteiger partial charge in [0.2, 0.25) is 0 Å². The molecule has 0 aliphatic rings. The summed E-state index contributed by atoms with van der Waals surface area (Å²) in [6.07, 6.45) is 4.17. The topological polar surface area (TPSA) is 4.41 Å². The van der Waals surface area contributed by atoms with E-state index >= 15 is 0 Å². The van der Waals surface area contributed by atoms with Gasteiger partial charge in [-0.1, -0.05) is 35.9 Å². The van der Waals surface area contributed by atoms with Gasteiger partial charge in [-0.2, -0.15) is 0 Å². The number of benzene rings is 1. The van der Waals surface area contributed by atoms with Crippen molar-refractivity contribution in [3.05, 3.63) is 65.4 Å². The first-order valence-corrected chi connectivity index (χ1v) is 5.96. The minimum absolute atomic E-state index is 0.793. The van der Waals surface area contributed by atoms with Crippen LogP contribution in [0, 0.1) is 6.92 Å². The summed E-state index contributed by atoms with van der Waals surface area (Å²) in [5.41, 5.74) is 4.73. The summed E-state index contributed by atoms with van der Waals surface area (Å²) in [7, 11) is 0. The lowest BCUT2D eigenvalue weighted by Gasteiger charge is -1.99. The maximum atomic E-state index is 6.22. The third-order valence-electron chi connectivity index (χ3n) is 3.03. The van der Waals surface area contributed by atoms with Gasteiger partial charge in [0.15, 0.2) is 0 Å². The molecular weight excluding hydrogens is 230 g/mol. The van der Waals surface area contributed by atoms with Crippen LogP contribution in [0.15, 0.2) is 54.9 Å². The van der Waals surface area contributed by atoms with Crippen LogP contribution >= 0.6 is 11.6 Å². The van der Waals surface area contributed by atoms with Crippen molar-refractivity contribution in [3.8, 4) is 11.1 Å². The number of hydrogen-bond donors (Lipinski definition) is 0. The van der Waals surface area contributed by atoms with Gasteiger partial charge in [0, 0.05) is 34.1 Å². The molecule has 3 rings (SSSR count). The van der Waals surface area contributed by atoms with Gasteiger partial charge in [-0.3, -0.25) is 0 Å². The first-order valence-electron chi connectivity index (χ1n) is 5.58. The Morgan fingerprint density at radius 1 is 1.06 bits per heavy atom. The molecule has 0 saturated carbocycles. The average Bonchev–Trinajstić information content (AvgIpc) is 2.75. The fourth-order valence-corrected chi connectivity index (χ4v) is 2.37. The summed E-state index contributed by atoms with van der Waals surface area (Å²) in [5, 5.41) is 0.793. The van der Waals surface area contributed by atoms with Crippen molar-refractivity contribution in [3.63, 3.8) is 0 Å². The van der Waals surface area contributed by atoms with Crippen molar-refractivity contribution >= 4 is 17.1 Å². The van der Waals surface area contributed by atoms with Gasteiger partial charge in [0.1, 0.15) is 0 Å². The highest BCUT2D eigenvalue weighted by Crippen LogP contribution is 2.29. The normalized spacial score (nSPS) is 10.9. The van der Waals surface area contributed by atoms with E-state index in [1.54, 1.807) is 0 Å². The van der Waals surface area contributed by atoms with Crippen LogP contribution in [0.3, 0.4) is 0 Å². The van der Waals surface area contributed by atoms with E-state index in [0.717, 1.165) is 16.1 Å². The highest BCUT2D eigenvalue weighted by Gasteiger charge is 2.06. The summed E-state index contributed by atoms with van der Waals surface area (Å²) in [4.78, 5) is 0. The lowest BCUT2D eigenvalue weighted by atomic mass is 10.1. The fraction of sp³-hybridized carbons (Fsp3) is 0.0667. The standard InChI is InChI=1S/C15H12ClN/c1-11-5-4-8-17-10-12(9-15(11)17)13-6-2-3-7-14(13)16/h2-10H,1H3. The number of halogens is 1. The SMILES string of the molecule is Cc1cccn2cc(-c3ccccc3Cl)cc12. The molecule has 1 aromatic carbocycles. The predicted molar refractivity (Wildman–Crippen MR) is 72.6 cm³/mol. The molecule has 2 heterocycles. The molecule has 1 nitrogen and oxygen atoms in total. The third-order valence-corrected chi connectivity index (χ3v) is 3.36. The Labute approximate surface area is 105 Å². The van der Waals surface area contributed by atoms with E-state index in [1.807, 2.05) is 24.3 Å².